The van der Waals surface area contributed by atoms with Crippen molar-refractivity contribution in [2.75, 3.05) is 20.3 Å². The standard InChI is InChI=1S/C26H25F3N2O4/c1-33-24-13-18(4-9-23(24)35-22-10-12-34-17-22)15-31(16-19-3-2-11-30-14-19)25(32)20-5-7-21(8-6-20)26(27,28)29/h2-9,11,13-14,22H,10,12,15-17H2,1H3. The van der Waals surface area contributed by atoms with Crippen molar-refractivity contribution in [1.29, 1.82) is 0 Å². The predicted octanol–water partition coefficient (Wildman–Crippen LogP) is 5.12. The van der Waals surface area contributed by atoms with Crippen LogP contribution in [0.4, 0.5) is 13.2 Å². The number of carbonyl (C=O) groups is 1. The zero-order valence-corrected chi connectivity index (χ0v) is 19.1. The normalized spacial score (nSPS) is 15.6. The molecule has 1 aliphatic rings. The summed E-state index contributed by atoms with van der Waals surface area (Å²) in [5.74, 6) is 0.710. The van der Waals surface area contributed by atoms with E-state index in [-0.39, 0.29) is 24.8 Å². The summed E-state index contributed by atoms with van der Waals surface area (Å²) < 4.78 is 55.7. The lowest BCUT2D eigenvalue weighted by molar-refractivity contribution is -0.137. The van der Waals surface area contributed by atoms with Gasteiger partial charge in [-0.2, -0.15) is 13.2 Å². The molecule has 6 nitrogen and oxygen atoms in total. The lowest BCUT2D eigenvalue weighted by Gasteiger charge is -2.24. The summed E-state index contributed by atoms with van der Waals surface area (Å²) in [6, 6.07) is 13.2. The van der Waals surface area contributed by atoms with Gasteiger partial charge in [0, 0.05) is 37.5 Å². The van der Waals surface area contributed by atoms with Gasteiger partial charge in [-0.15, -0.1) is 0 Å². The first-order valence-electron chi connectivity index (χ1n) is 11.1. The molecule has 0 bridgehead atoms. The number of benzene rings is 2. The Morgan fingerprint density at radius 1 is 1.09 bits per heavy atom. The molecule has 184 valence electrons. The molecule has 1 atom stereocenters. The van der Waals surface area contributed by atoms with E-state index in [2.05, 4.69) is 4.98 Å². The van der Waals surface area contributed by atoms with Crippen LogP contribution in [0.15, 0.2) is 67.0 Å². The molecule has 2 heterocycles. The highest BCUT2D eigenvalue weighted by molar-refractivity contribution is 5.94. The minimum atomic E-state index is -4.47. The number of rotatable bonds is 8. The lowest BCUT2D eigenvalue weighted by Crippen LogP contribution is -2.30. The highest BCUT2D eigenvalue weighted by atomic mass is 19.4. The van der Waals surface area contributed by atoms with Crippen molar-refractivity contribution in [3.8, 4) is 11.5 Å². The van der Waals surface area contributed by atoms with Gasteiger partial charge in [0.25, 0.3) is 5.91 Å². The number of carbonyl (C=O) groups excluding carboxylic acids is 1. The van der Waals surface area contributed by atoms with Crippen molar-refractivity contribution < 1.29 is 32.2 Å². The Labute approximate surface area is 201 Å². The second-order valence-corrected chi connectivity index (χ2v) is 8.19. The number of hydrogen-bond donors (Lipinski definition) is 0. The molecule has 0 N–H and O–H groups in total. The summed E-state index contributed by atoms with van der Waals surface area (Å²) in [7, 11) is 1.54. The number of halogens is 3. The maximum Gasteiger partial charge on any atom is 0.416 e. The van der Waals surface area contributed by atoms with Crippen LogP contribution in [0.5, 0.6) is 11.5 Å². The van der Waals surface area contributed by atoms with Gasteiger partial charge in [0.15, 0.2) is 11.5 Å². The summed E-state index contributed by atoms with van der Waals surface area (Å²) in [5.41, 5.74) is 0.929. The van der Waals surface area contributed by atoms with Gasteiger partial charge in [-0.05, 0) is 53.6 Å². The third kappa shape index (κ3) is 6.30. The van der Waals surface area contributed by atoms with Crippen LogP contribution in [0.1, 0.15) is 33.5 Å². The molecule has 1 saturated heterocycles. The summed E-state index contributed by atoms with van der Waals surface area (Å²) in [6.07, 6.45) is -0.440. The van der Waals surface area contributed by atoms with Crippen LogP contribution in [0.2, 0.25) is 0 Å². The number of ether oxygens (including phenoxy) is 3. The van der Waals surface area contributed by atoms with Gasteiger partial charge in [0.1, 0.15) is 6.10 Å². The molecule has 3 aromatic rings. The summed E-state index contributed by atoms with van der Waals surface area (Å²) >= 11 is 0. The molecular weight excluding hydrogens is 461 g/mol. The van der Waals surface area contributed by atoms with Gasteiger partial charge in [-0.3, -0.25) is 9.78 Å². The molecule has 2 aromatic carbocycles. The molecule has 1 aromatic heterocycles. The van der Waals surface area contributed by atoms with E-state index in [0.717, 1.165) is 29.7 Å². The molecule has 1 aliphatic heterocycles. The van der Waals surface area contributed by atoms with Crippen LogP contribution in [-0.4, -0.2) is 42.2 Å². The monoisotopic (exact) mass is 486 g/mol. The molecule has 0 spiro atoms. The van der Waals surface area contributed by atoms with Gasteiger partial charge in [0.2, 0.25) is 0 Å². The molecule has 35 heavy (non-hydrogen) atoms. The van der Waals surface area contributed by atoms with Crippen LogP contribution < -0.4 is 9.47 Å². The maximum atomic E-state index is 13.3. The third-order valence-corrected chi connectivity index (χ3v) is 5.63. The molecule has 9 heteroatoms. The second kappa shape index (κ2) is 10.8. The van der Waals surface area contributed by atoms with Crippen molar-refractivity contribution >= 4 is 5.91 Å². The number of alkyl halides is 3. The number of methoxy groups -OCH3 is 1. The second-order valence-electron chi connectivity index (χ2n) is 8.19. The lowest BCUT2D eigenvalue weighted by atomic mass is 10.1. The van der Waals surface area contributed by atoms with Gasteiger partial charge in [0.05, 0.1) is 25.9 Å². The van der Waals surface area contributed by atoms with Crippen LogP contribution in [0.25, 0.3) is 0 Å². The maximum absolute atomic E-state index is 13.3. The van der Waals surface area contributed by atoms with E-state index in [1.54, 1.807) is 35.5 Å². The molecule has 4 rings (SSSR count). The van der Waals surface area contributed by atoms with E-state index in [1.807, 2.05) is 12.1 Å². The third-order valence-electron chi connectivity index (χ3n) is 5.63. The topological polar surface area (TPSA) is 60.9 Å². The van der Waals surface area contributed by atoms with Crippen molar-refractivity contribution in [3.63, 3.8) is 0 Å². The highest BCUT2D eigenvalue weighted by Crippen LogP contribution is 2.32. The highest BCUT2D eigenvalue weighted by Gasteiger charge is 2.30. The Balaban J connectivity index is 1.57. The number of aromatic nitrogens is 1. The molecule has 1 amide bonds. The van der Waals surface area contributed by atoms with E-state index >= 15 is 0 Å². The van der Waals surface area contributed by atoms with Crippen molar-refractivity contribution in [2.24, 2.45) is 0 Å². The molecule has 1 fully saturated rings. The quantitative estimate of drug-likeness (QED) is 0.442. The molecule has 0 aliphatic carbocycles. The summed E-state index contributed by atoms with van der Waals surface area (Å²) in [5, 5.41) is 0. The fourth-order valence-electron chi connectivity index (χ4n) is 3.81. The fraction of sp³-hybridized carbons (Fsp3) is 0.308. The molecule has 1 unspecified atom stereocenters. The number of hydrogen-bond acceptors (Lipinski definition) is 5. The van der Waals surface area contributed by atoms with E-state index in [9.17, 15) is 18.0 Å². The smallest absolute Gasteiger partial charge is 0.416 e. The molecular formula is C26H25F3N2O4. The first kappa shape index (κ1) is 24.5. The Morgan fingerprint density at radius 2 is 1.86 bits per heavy atom. The van der Waals surface area contributed by atoms with Crippen LogP contribution in [0, 0.1) is 0 Å². The Bertz CT molecular complexity index is 1130. The van der Waals surface area contributed by atoms with Crippen molar-refractivity contribution in [2.45, 2.75) is 31.8 Å². The first-order chi connectivity index (χ1) is 16.8. The summed E-state index contributed by atoms with van der Waals surface area (Å²) in [4.78, 5) is 19.0. The van der Waals surface area contributed by atoms with Crippen LogP contribution in [-0.2, 0) is 24.0 Å². The summed E-state index contributed by atoms with van der Waals surface area (Å²) in [6.45, 7) is 1.61. The van der Waals surface area contributed by atoms with Gasteiger partial charge in [-0.1, -0.05) is 12.1 Å². The molecule has 0 radical (unpaired) electrons. The average Bonchev–Trinajstić information content (AvgIpc) is 3.37. The Morgan fingerprint density at radius 3 is 2.49 bits per heavy atom. The number of nitrogens with zero attached hydrogens (tertiary/aromatic N) is 2. The van der Waals surface area contributed by atoms with Crippen LogP contribution >= 0.6 is 0 Å². The fourth-order valence-corrected chi connectivity index (χ4v) is 3.81. The van der Waals surface area contributed by atoms with Crippen LogP contribution in [0.3, 0.4) is 0 Å². The van der Waals surface area contributed by atoms with Gasteiger partial charge in [-0.25, -0.2) is 0 Å². The first-order valence-corrected chi connectivity index (χ1v) is 11.1. The number of amides is 1. The van der Waals surface area contributed by atoms with E-state index < -0.39 is 17.6 Å². The Kier molecular flexibility index (Phi) is 7.55. The average molecular weight is 486 g/mol. The Hall–Kier alpha value is -3.59. The van der Waals surface area contributed by atoms with Crippen molar-refractivity contribution in [1.82, 2.24) is 9.88 Å². The predicted molar refractivity (Wildman–Crippen MR) is 122 cm³/mol. The zero-order valence-electron chi connectivity index (χ0n) is 19.1. The SMILES string of the molecule is COc1cc(CN(Cc2cccnc2)C(=O)c2ccc(C(F)(F)F)cc2)ccc1OC1CCOC1. The minimum absolute atomic E-state index is 0.0434. The van der Waals surface area contributed by atoms with E-state index in [1.165, 1.54) is 19.2 Å². The van der Waals surface area contributed by atoms with E-state index in [0.29, 0.717) is 24.7 Å². The zero-order chi connectivity index (χ0) is 24.8. The number of pyridine rings is 1. The molecule has 0 saturated carbocycles. The van der Waals surface area contributed by atoms with E-state index in [4.69, 9.17) is 14.2 Å². The van der Waals surface area contributed by atoms with Gasteiger partial charge < -0.3 is 19.1 Å². The minimum Gasteiger partial charge on any atom is -0.493 e. The largest absolute Gasteiger partial charge is 0.493 e. The van der Waals surface area contributed by atoms with Gasteiger partial charge >= 0.3 is 6.18 Å². The van der Waals surface area contributed by atoms with Crippen molar-refractivity contribution in [3.05, 3.63) is 89.2 Å².